The van der Waals surface area contributed by atoms with Gasteiger partial charge in [-0.2, -0.15) is 10.4 Å². The molecule has 1 saturated heterocycles. The summed E-state index contributed by atoms with van der Waals surface area (Å²) >= 11 is 6.59. The minimum absolute atomic E-state index is 0.160. The molecule has 0 unspecified atom stereocenters. The number of hydrogen-bond donors (Lipinski definition) is 0. The average molecular weight is 448 g/mol. The number of halogens is 1. The third-order valence-corrected chi connectivity index (χ3v) is 6.36. The van der Waals surface area contributed by atoms with Crippen molar-refractivity contribution < 1.29 is 9.53 Å². The van der Waals surface area contributed by atoms with Crippen LogP contribution in [0.5, 0.6) is 0 Å². The Bertz CT molecular complexity index is 1200. The van der Waals surface area contributed by atoms with Crippen LogP contribution in [0.3, 0.4) is 0 Å². The Morgan fingerprint density at radius 2 is 1.88 bits per heavy atom. The van der Waals surface area contributed by atoms with Gasteiger partial charge in [0.1, 0.15) is 6.07 Å². The molecule has 1 aromatic heterocycles. The van der Waals surface area contributed by atoms with Crippen LogP contribution in [0.4, 0.5) is 5.69 Å². The van der Waals surface area contributed by atoms with Crippen molar-refractivity contribution in [2.75, 3.05) is 37.7 Å². The number of nitrogens with zero attached hydrogens (tertiary/aromatic N) is 5. The van der Waals surface area contributed by atoms with Crippen molar-refractivity contribution in [3.05, 3.63) is 76.1 Å². The highest BCUT2D eigenvalue weighted by Gasteiger charge is 2.30. The van der Waals surface area contributed by atoms with E-state index in [1.165, 1.54) is 0 Å². The number of benzene rings is 2. The van der Waals surface area contributed by atoms with Crippen LogP contribution in [0.15, 0.2) is 48.7 Å². The molecule has 5 rings (SSSR count). The van der Waals surface area contributed by atoms with Crippen molar-refractivity contribution >= 4 is 23.2 Å². The number of amides is 1. The molecule has 2 aromatic carbocycles. The molecule has 3 aromatic rings. The lowest BCUT2D eigenvalue weighted by Gasteiger charge is -2.33. The number of morpholine rings is 1. The molecule has 0 aliphatic carbocycles. The number of rotatable bonds is 3. The Morgan fingerprint density at radius 1 is 1.09 bits per heavy atom. The van der Waals surface area contributed by atoms with Gasteiger partial charge in [-0.25, -0.2) is 4.68 Å². The first-order chi connectivity index (χ1) is 15.7. The monoisotopic (exact) mass is 447 g/mol. The molecular formula is C24H22ClN5O2. The minimum Gasteiger partial charge on any atom is -0.378 e. The lowest BCUT2D eigenvalue weighted by atomic mass is 10.0. The van der Waals surface area contributed by atoms with Crippen molar-refractivity contribution in [3.8, 4) is 11.8 Å². The average Bonchev–Trinajstić information content (AvgIpc) is 3.28. The smallest absolute Gasteiger partial charge is 0.257 e. The van der Waals surface area contributed by atoms with Crippen LogP contribution in [0.1, 0.15) is 27.2 Å². The van der Waals surface area contributed by atoms with Gasteiger partial charge in [-0.15, -0.1) is 0 Å². The summed E-state index contributed by atoms with van der Waals surface area (Å²) in [4.78, 5) is 17.6. The topological polar surface area (TPSA) is 74.4 Å². The van der Waals surface area contributed by atoms with E-state index in [1.807, 2.05) is 47.3 Å². The molecule has 0 saturated carbocycles. The van der Waals surface area contributed by atoms with E-state index < -0.39 is 0 Å². The Balaban J connectivity index is 1.46. The maximum atomic E-state index is 13.7. The Morgan fingerprint density at radius 3 is 2.62 bits per heavy atom. The second-order valence-electron chi connectivity index (χ2n) is 7.89. The number of ether oxygens (including phenoxy) is 1. The first-order valence-electron chi connectivity index (χ1n) is 10.6. The molecule has 8 heteroatoms. The van der Waals surface area contributed by atoms with E-state index in [1.54, 1.807) is 11.0 Å². The quantitative estimate of drug-likeness (QED) is 0.615. The molecule has 162 valence electrons. The fourth-order valence-electron chi connectivity index (χ4n) is 4.28. The molecule has 0 radical (unpaired) electrons. The van der Waals surface area contributed by atoms with E-state index in [0.29, 0.717) is 56.9 Å². The summed E-state index contributed by atoms with van der Waals surface area (Å²) in [6, 6.07) is 15.5. The van der Waals surface area contributed by atoms with E-state index in [9.17, 15) is 10.1 Å². The molecular weight excluding hydrogens is 426 g/mol. The fraction of sp³-hybridized carbons (Fsp3) is 0.292. The summed E-state index contributed by atoms with van der Waals surface area (Å²) in [5.41, 5.74) is 4.47. The predicted octanol–water partition coefficient (Wildman–Crippen LogP) is 3.43. The number of nitriles is 1. The lowest BCUT2D eigenvalue weighted by Crippen LogP contribution is -2.40. The molecule has 0 spiro atoms. The Labute approximate surface area is 191 Å². The van der Waals surface area contributed by atoms with Crippen LogP contribution >= 0.6 is 11.6 Å². The normalized spacial score (nSPS) is 15.9. The highest BCUT2D eigenvalue weighted by molar-refractivity contribution is 6.35. The number of fused-ring (bicyclic) bond motifs is 1. The number of anilines is 1. The van der Waals surface area contributed by atoms with Gasteiger partial charge in [0.2, 0.25) is 0 Å². The number of para-hydroxylation sites is 1. The predicted molar refractivity (Wildman–Crippen MR) is 121 cm³/mol. The summed E-state index contributed by atoms with van der Waals surface area (Å²) in [6.45, 7) is 3.55. The van der Waals surface area contributed by atoms with Crippen molar-refractivity contribution in [2.24, 2.45) is 0 Å². The van der Waals surface area contributed by atoms with E-state index in [0.717, 1.165) is 22.6 Å². The molecule has 2 aliphatic rings. The van der Waals surface area contributed by atoms with Crippen LogP contribution < -0.4 is 4.90 Å². The van der Waals surface area contributed by atoms with Gasteiger partial charge in [0.15, 0.2) is 0 Å². The summed E-state index contributed by atoms with van der Waals surface area (Å²) < 4.78 is 7.32. The fourth-order valence-corrected chi connectivity index (χ4v) is 4.56. The molecule has 2 aliphatic heterocycles. The summed E-state index contributed by atoms with van der Waals surface area (Å²) in [6.07, 6.45) is 2.66. The molecule has 1 fully saturated rings. The van der Waals surface area contributed by atoms with Gasteiger partial charge in [0, 0.05) is 44.4 Å². The zero-order chi connectivity index (χ0) is 22.1. The number of hydrogen-bond acceptors (Lipinski definition) is 5. The molecule has 0 N–H and O–H groups in total. The zero-order valence-electron chi connectivity index (χ0n) is 17.5. The van der Waals surface area contributed by atoms with E-state index >= 15 is 0 Å². The standard InChI is InChI=1S/C24H22ClN5O2/c25-23-17(14-26)6-7-21(28-10-12-32-13-11-28)22(23)24(31)29-9-8-20-18(15-29)16-30(27-20)19-4-2-1-3-5-19/h1-7,16H,8-13,15H2. The van der Waals surface area contributed by atoms with Gasteiger partial charge < -0.3 is 14.5 Å². The largest absolute Gasteiger partial charge is 0.378 e. The van der Waals surface area contributed by atoms with Gasteiger partial charge in [0.25, 0.3) is 5.91 Å². The van der Waals surface area contributed by atoms with E-state index in [4.69, 9.17) is 21.4 Å². The molecule has 0 atom stereocenters. The second kappa shape index (κ2) is 8.65. The van der Waals surface area contributed by atoms with Gasteiger partial charge in [0.05, 0.1) is 46.4 Å². The van der Waals surface area contributed by atoms with E-state index in [2.05, 4.69) is 11.0 Å². The summed E-state index contributed by atoms with van der Waals surface area (Å²) in [7, 11) is 0. The van der Waals surface area contributed by atoms with E-state index in [-0.39, 0.29) is 10.9 Å². The van der Waals surface area contributed by atoms with Gasteiger partial charge in [-0.1, -0.05) is 29.8 Å². The van der Waals surface area contributed by atoms with Crippen LogP contribution in [0, 0.1) is 11.3 Å². The number of carbonyl (C=O) groups is 1. The van der Waals surface area contributed by atoms with Gasteiger partial charge in [-0.3, -0.25) is 4.79 Å². The van der Waals surface area contributed by atoms with Crippen LogP contribution in [0.25, 0.3) is 5.69 Å². The highest BCUT2D eigenvalue weighted by Crippen LogP contribution is 2.33. The first-order valence-corrected chi connectivity index (χ1v) is 11.0. The molecule has 32 heavy (non-hydrogen) atoms. The number of aromatic nitrogens is 2. The van der Waals surface area contributed by atoms with Gasteiger partial charge >= 0.3 is 0 Å². The van der Waals surface area contributed by atoms with Crippen molar-refractivity contribution in [1.82, 2.24) is 14.7 Å². The number of carbonyl (C=O) groups excluding carboxylic acids is 1. The summed E-state index contributed by atoms with van der Waals surface area (Å²) in [5.74, 6) is -0.160. The maximum Gasteiger partial charge on any atom is 0.257 e. The third-order valence-electron chi connectivity index (χ3n) is 5.97. The van der Waals surface area contributed by atoms with Crippen molar-refractivity contribution in [2.45, 2.75) is 13.0 Å². The summed E-state index contributed by atoms with van der Waals surface area (Å²) in [5, 5.41) is 14.4. The molecule has 1 amide bonds. The maximum absolute atomic E-state index is 13.7. The minimum atomic E-state index is -0.160. The highest BCUT2D eigenvalue weighted by atomic mass is 35.5. The Kier molecular flexibility index (Phi) is 5.56. The zero-order valence-corrected chi connectivity index (χ0v) is 18.3. The van der Waals surface area contributed by atoms with Crippen molar-refractivity contribution in [3.63, 3.8) is 0 Å². The lowest BCUT2D eigenvalue weighted by molar-refractivity contribution is 0.0734. The molecule has 3 heterocycles. The third kappa shape index (κ3) is 3.72. The van der Waals surface area contributed by atoms with Crippen molar-refractivity contribution in [1.29, 1.82) is 5.26 Å². The van der Waals surface area contributed by atoms with Crippen LogP contribution in [-0.2, 0) is 17.7 Å². The second-order valence-corrected chi connectivity index (χ2v) is 8.27. The first kappa shape index (κ1) is 20.6. The molecule has 0 bridgehead atoms. The van der Waals surface area contributed by atoms with Crippen LogP contribution in [0.2, 0.25) is 5.02 Å². The van der Waals surface area contributed by atoms with Gasteiger partial charge in [-0.05, 0) is 24.3 Å². The Hall–Kier alpha value is -3.34. The molecule has 7 nitrogen and oxygen atoms in total. The van der Waals surface area contributed by atoms with Crippen LogP contribution in [-0.4, -0.2) is 53.4 Å². The SMILES string of the molecule is N#Cc1ccc(N2CCOCC2)c(C(=O)N2CCc3nn(-c4ccccc4)cc3C2)c1Cl.